The van der Waals surface area contributed by atoms with E-state index in [2.05, 4.69) is 20.9 Å². The Bertz CT molecular complexity index is 949. The fraction of sp³-hybridized carbons (Fsp3) is 0.375. The lowest BCUT2D eigenvalue weighted by Crippen LogP contribution is -2.37. The standard InChI is InChI=1S/C24H30N4O3/c1-16-6-4-7-17(2)24(16)27-23(31)15-28(21-10-11-21)13-12-22(30)26-20-9-5-8-19(14-20)25-18(3)29/h4-9,14,21H,10-13,15H2,1-3H3,(H,25,29)(H,26,30)(H,27,31). The van der Waals surface area contributed by atoms with Gasteiger partial charge in [0, 0.05) is 43.0 Å². The highest BCUT2D eigenvalue weighted by atomic mass is 16.2. The van der Waals surface area contributed by atoms with E-state index in [1.54, 1.807) is 24.3 Å². The molecule has 3 rings (SSSR count). The van der Waals surface area contributed by atoms with Gasteiger partial charge < -0.3 is 16.0 Å². The van der Waals surface area contributed by atoms with Crippen LogP contribution in [-0.2, 0) is 14.4 Å². The second-order valence-corrected chi connectivity index (χ2v) is 8.08. The van der Waals surface area contributed by atoms with E-state index in [4.69, 9.17) is 0 Å². The highest BCUT2D eigenvalue weighted by Gasteiger charge is 2.30. The van der Waals surface area contributed by atoms with Gasteiger partial charge in [0.15, 0.2) is 0 Å². The molecule has 2 aromatic rings. The molecule has 0 heterocycles. The van der Waals surface area contributed by atoms with Crippen LogP contribution in [0.15, 0.2) is 42.5 Å². The van der Waals surface area contributed by atoms with Crippen molar-refractivity contribution in [3.8, 4) is 0 Å². The van der Waals surface area contributed by atoms with E-state index < -0.39 is 0 Å². The number of hydrogen-bond acceptors (Lipinski definition) is 4. The minimum Gasteiger partial charge on any atom is -0.326 e. The van der Waals surface area contributed by atoms with E-state index in [1.807, 2.05) is 32.0 Å². The summed E-state index contributed by atoms with van der Waals surface area (Å²) in [6.07, 6.45) is 2.39. The third-order valence-corrected chi connectivity index (χ3v) is 5.25. The van der Waals surface area contributed by atoms with Gasteiger partial charge in [-0.05, 0) is 56.0 Å². The smallest absolute Gasteiger partial charge is 0.238 e. The predicted molar refractivity (Wildman–Crippen MR) is 123 cm³/mol. The normalized spacial score (nSPS) is 13.0. The Labute approximate surface area is 183 Å². The van der Waals surface area contributed by atoms with Gasteiger partial charge in [0.25, 0.3) is 0 Å². The second kappa shape index (κ2) is 10.2. The molecule has 3 amide bonds. The van der Waals surface area contributed by atoms with Gasteiger partial charge >= 0.3 is 0 Å². The SMILES string of the molecule is CC(=O)Nc1cccc(NC(=O)CCN(CC(=O)Nc2c(C)cccc2C)C2CC2)c1. The third kappa shape index (κ3) is 6.93. The molecule has 1 saturated carbocycles. The topological polar surface area (TPSA) is 90.5 Å². The molecular formula is C24H30N4O3. The lowest BCUT2D eigenvalue weighted by atomic mass is 10.1. The fourth-order valence-electron chi connectivity index (χ4n) is 3.55. The van der Waals surface area contributed by atoms with Crippen LogP contribution in [0.5, 0.6) is 0 Å². The van der Waals surface area contributed by atoms with Crippen LogP contribution in [0, 0.1) is 13.8 Å². The summed E-state index contributed by atoms with van der Waals surface area (Å²) in [4.78, 5) is 38.3. The van der Waals surface area contributed by atoms with Gasteiger partial charge in [0.2, 0.25) is 17.7 Å². The summed E-state index contributed by atoms with van der Waals surface area (Å²) >= 11 is 0. The van der Waals surface area contributed by atoms with Crippen molar-refractivity contribution in [1.29, 1.82) is 0 Å². The lowest BCUT2D eigenvalue weighted by molar-refractivity contribution is -0.119. The van der Waals surface area contributed by atoms with Crippen molar-refractivity contribution in [1.82, 2.24) is 4.90 Å². The van der Waals surface area contributed by atoms with Crippen LogP contribution in [-0.4, -0.2) is 41.8 Å². The third-order valence-electron chi connectivity index (χ3n) is 5.25. The summed E-state index contributed by atoms with van der Waals surface area (Å²) in [5.74, 6) is -0.351. The van der Waals surface area contributed by atoms with Gasteiger partial charge in [-0.25, -0.2) is 0 Å². The second-order valence-electron chi connectivity index (χ2n) is 8.08. The van der Waals surface area contributed by atoms with E-state index in [9.17, 15) is 14.4 Å². The largest absolute Gasteiger partial charge is 0.326 e. The molecule has 2 aromatic carbocycles. The van der Waals surface area contributed by atoms with E-state index in [0.717, 1.165) is 29.7 Å². The molecule has 0 unspecified atom stereocenters. The molecule has 3 N–H and O–H groups in total. The molecule has 1 aliphatic rings. The first-order valence-corrected chi connectivity index (χ1v) is 10.6. The number of rotatable bonds is 9. The fourth-order valence-corrected chi connectivity index (χ4v) is 3.55. The number of nitrogens with zero attached hydrogens (tertiary/aromatic N) is 1. The van der Waals surface area contributed by atoms with Crippen molar-refractivity contribution >= 4 is 34.8 Å². The zero-order valence-electron chi connectivity index (χ0n) is 18.3. The number of nitrogens with one attached hydrogen (secondary N) is 3. The zero-order valence-corrected chi connectivity index (χ0v) is 18.3. The molecule has 0 aliphatic heterocycles. The van der Waals surface area contributed by atoms with Gasteiger partial charge in [-0.3, -0.25) is 19.3 Å². The Morgan fingerprint density at radius 2 is 1.52 bits per heavy atom. The highest BCUT2D eigenvalue weighted by molar-refractivity contribution is 5.94. The van der Waals surface area contributed by atoms with E-state index in [-0.39, 0.29) is 30.7 Å². The molecule has 0 radical (unpaired) electrons. The maximum atomic E-state index is 12.6. The Morgan fingerprint density at radius 3 is 2.13 bits per heavy atom. The number of anilines is 3. The number of hydrogen-bond donors (Lipinski definition) is 3. The zero-order chi connectivity index (χ0) is 22.4. The molecule has 1 aliphatic carbocycles. The summed E-state index contributed by atoms with van der Waals surface area (Å²) < 4.78 is 0. The number of para-hydroxylation sites is 1. The van der Waals surface area contributed by atoms with Gasteiger partial charge in [-0.1, -0.05) is 24.3 Å². The average Bonchev–Trinajstić information content (AvgIpc) is 3.53. The van der Waals surface area contributed by atoms with Crippen molar-refractivity contribution < 1.29 is 14.4 Å². The number of carbonyl (C=O) groups is 3. The number of benzene rings is 2. The molecule has 164 valence electrons. The predicted octanol–water partition coefficient (Wildman–Crippen LogP) is 3.69. The lowest BCUT2D eigenvalue weighted by Gasteiger charge is -2.22. The molecule has 31 heavy (non-hydrogen) atoms. The van der Waals surface area contributed by atoms with Crippen LogP contribution >= 0.6 is 0 Å². The van der Waals surface area contributed by atoms with Crippen molar-refractivity contribution in [2.24, 2.45) is 0 Å². The van der Waals surface area contributed by atoms with E-state index >= 15 is 0 Å². The summed E-state index contributed by atoms with van der Waals surface area (Å²) in [5.41, 5.74) is 4.19. The molecule has 0 spiro atoms. The Kier molecular flexibility index (Phi) is 7.41. The Hall–Kier alpha value is -3.19. The summed E-state index contributed by atoms with van der Waals surface area (Å²) in [6, 6.07) is 13.3. The minimum absolute atomic E-state index is 0.0623. The van der Waals surface area contributed by atoms with Gasteiger partial charge in [0.1, 0.15) is 0 Å². The first-order chi connectivity index (χ1) is 14.8. The molecule has 0 aromatic heterocycles. The molecular weight excluding hydrogens is 392 g/mol. The first kappa shape index (κ1) is 22.5. The van der Waals surface area contributed by atoms with Gasteiger partial charge in [0.05, 0.1) is 6.54 Å². The summed E-state index contributed by atoms with van der Waals surface area (Å²) in [7, 11) is 0. The van der Waals surface area contributed by atoms with Crippen LogP contribution in [0.4, 0.5) is 17.1 Å². The molecule has 1 fully saturated rings. The quantitative estimate of drug-likeness (QED) is 0.575. The number of aryl methyl sites for hydroxylation is 2. The number of amides is 3. The van der Waals surface area contributed by atoms with Gasteiger partial charge in [-0.15, -0.1) is 0 Å². The first-order valence-electron chi connectivity index (χ1n) is 10.6. The van der Waals surface area contributed by atoms with Crippen molar-refractivity contribution in [2.45, 2.75) is 46.1 Å². The van der Waals surface area contributed by atoms with Crippen LogP contribution < -0.4 is 16.0 Å². The highest BCUT2D eigenvalue weighted by Crippen LogP contribution is 2.27. The van der Waals surface area contributed by atoms with Crippen LogP contribution in [0.1, 0.15) is 37.3 Å². The summed E-state index contributed by atoms with van der Waals surface area (Å²) in [5, 5.41) is 8.58. The Morgan fingerprint density at radius 1 is 0.903 bits per heavy atom. The molecule has 0 atom stereocenters. The Balaban J connectivity index is 1.52. The van der Waals surface area contributed by atoms with Crippen molar-refractivity contribution in [3.63, 3.8) is 0 Å². The molecule has 0 saturated heterocycles. The maximum absolute atomic E-state index is 12.6. The van der Waals surface area contributed by atoms with Crippen LogP contribution in [0.2, 0.25) is 0 Å². The van der Waals surface area contributed by atoms with Gasteiger partial charge in [-0.2, -0.15) is 0 Å². The van der Waals surface area contributed by atoms with Crippen LogP contribution in [0.3, 0.4) is 0 Å². The number of carbonyl (C=O) groups excluding carboxylic acids is 3. The van der Waals surface area contributed by atoms with E-state index in [1.165, 1.54) is 6.92 Å². The molecule has 7 heteroatoms. The van der Waals surface area contributed by atoms with Crippen molar-refractivity contribution in [3.05, 3.63) is 53.6 Å². The van der Waals surface area contributed by atoms with E-state index in [0.29, 0.717) is 24.0 Å². The van der Waals surface area contributed by atoms with Crippen molar-refractivity contribution in [2.75, 3.05) is 29.0 Å². The molecule has 7 nitrogen and oxygen atoms in total. The minimum atomic E-state index is -0.164. The maximum Gasteiger partial charge on any atom is 0.238 e. The molecule has 0 bridgehead atoms. The summed E-state index contributed by atoms with van der Waals surface area (Å²) in [6.45, 7) is 6.18. The van der Waals surface area contributed by atoms with Crippen LogP contribution in [0.25, 0.3) is 0 Å². The average molecular weight is 423 g/mol. The monoisotopic (exact) mass is 422 g/mol.